The number of hydrogen-bond donors (Lipinski definition) is 3. The number of methoxy groups -OCH3 is 1. The molecular weight excluding hydrogens is 552 g/mol. The van der Waals surface area contributed by atoms with Crippen LogP contribution in [0.4, 0.5) is 4.79 Å². The molecule has 3 saturated carbocycles. The number of ether oxygens (including phenoxy) is 1. The van der Waals surface area contributed by atoms with E-state index >= 15 is 0 Å². The molecule has 0 radical (unpaired) electrons. The smallest absolute Gasteiger partial charge is 0.317 e. The number of nitrogens with zero attached hydrogens (tertiary/aromatic N) is 1. The molecule has 240 valence electrons. The molecule has 0 aromatic heterocycles. The fourth-order valence-corrected chi connectivity index (χ4v) is 10.6. The van der Waals surface area contributed by atoms with Crippen molar-refractivity contribution in [1.82, 2.24) is 10.2 Å². The molecule has 44 heavy (non-hydrogen) atoms. The number of urea groups is 1. The molecule has 7 heteroatoms. The first kappa shape index (κ1) is 31.5. The van der Waals surface area contributed by atoms with Crippen LogP contribution < -0.4 is 5.32 Å². The normalized spacial score (nSPS) is 40.2. The Morgan fingerprint density at radius 1 is 1.02 bits per heavy atom. The number of aliphatic hydroxyl groups excluding tert-OH is 1. The minimum atomic E-state index is -1.09. The van der Waals surface area contributed by atoms with E-state index < -0.39 is 16.4 Å². The Hall–Kier alpha value is -2.48. The Kier molecular flexibility index (Phi) is 7.94. The monoisotopic (exact) mass is 604 g/mol. The molecule has 8 unspecified atom stereocenters. The van der Waals surface area contributed by atoms with Crippen molar-refractivity contribution in [2.75, 3.05) is 26.8 Å². The minimum absolute atomic E-state index is 0.00959. The molecule has 0 heterocycles. The van der Waals surface area contributed by atoms with Crippen molar-refractivity contribution in [3.8, 4) is 0 Å². The zero-order chi connectivity index (χ0) is 31.5. The molecule has 1 aromatic rings. The van der Waals surface area contributed by atoms with Crippen LogP contribution in [0.15, 0.2) is 54.1 Å². The van der Waals surface area contributed by atoms with Crippen LogP contribution in [0.25, 0.3) is 0 Å². The molecule has 6 aliphatic rings. The molecule has 7 rings (SSSR count). The van der Waals surface area contributed by atoms with E-state index in [2.05, 4.69) is 37.4 Å². The Morgan fingerprint density at radius 2 is 1.70 bits per heavy atom. The Labute approximate surface area is 263 Å². The summed E-state index contributed by atoms with van der Waals surface area (Å²) >= 11 is 0. The summed E-state index contributed by atoms with van der Waals surface area (Å²) in [6.45, 7) is 9.84. The molecule has 2 amide bonds. The van der Waals surface area contributed by atoms with Gasteiger partial charge in [-0.25, -0.2) is 4.79 Å². The number of Topliss-reactive ketones (excluding diaryl/α,β-unsaturated/α-hetero) is 1. The predicted molar refractivity (Wildman–Crippen MR) is 171 cm³/mol. The number of hydrogen-bond acceptors (Lipinski definition) is 5. The van der Waals surface area contributed by atoms with Crippen molar-refractivity contribution in [1.29, 1.82) is 0 Å². The maximum atomic E-state index is 14.6. The molecule has 2 spiro atoms. The van der Waals surface area contributed by atoms with Gasteiger partial charge in [-0.2, -0.15) is 0 Å². The van der Waals surface area contributed by atoms with Crippen LogP contribution in [-0.4, -0.2) is 71.5 Å². The van der Waals surface area contributed by atoms with Crippen LogP contribution in [-0.2, 0) is 4.74 Å². The van der Waals surface area contributed by atoms with E-state index in [1.54, 1.807) is 12.0 Å². The summed E-state index contributed by atoms with van der Waals surface area (Å²) < 4.78 is 5.29. The van der Waals surface area contributed by atoms with Crippen molar-refractivity contribution in [3.63, 3.8) is 0 Å². The molecule has 0 saturated heterocycles. The summed E-state index contributed by atoms with van der Waals surface area (Å²) in [6, 6.07) is 9.44. The largest absolute Gasteiger partial charge is 0.393 e. The summed E-state index contributed by atoms with van der Waals surface area (Å²) in [5.41, 5.74) is -0.981. The lowest BCUT2D eigenvalue weighted by Crippen LogP contribution is -2.67. The molecular formula is C37H52N2O5. The first-order valence-electron chi connectivity index (χ1n) is 16.8. The van der Waals surface area contributed by atoms with E-state index in [4.69, 9.17) is 4.74 Å². The van der Waals surface area contributed by atoms with Crippen molar-refractivity contribution in [2.24, 2.45) is 33.5 Å². The highest BCUT2D eigenvalue weighted by Gasteiger charge is 2.74. The first-order valence-corrected chi connectivity index (χ1v) is 16.8. The third-order valence-corrected chi connectivity index (χ3v) is 12.9. The zero-order valence-electron chi connectivity index (χ0n) is 27.3. The molecule has 0 aliphatic heterocycles. The van der Waals surface area contributed by atoms with Gasteiger partial charge >= 0.3 is 6.03 Å². The summed E-state index contributed by atoms with van der Waals surface area (Å²) in [5.74, 6) is 0.353. The highest BCUT2D eigenvalue weighted by molar-refractivity contribution is 6.10. The van der Waals surface area contributed by atoms with E-state index in [-0.39, 0.29) is 53.2 Å². The number of nitrogens with one attached hydrogen (secondary N) is 1. The van der Waals surface area contributed by atoms with Crippen molar-refractivity contribution in [2.45, 2.75) is 96.8 Å². The molecule has 7 nitrogen and oxygen atoms in total. The van der Waals surface area contributed by atoms with Crippen LogP contribution in [0, 0.1) is 33.5 Å². The van der Waals surface area contributed by atoms with E-state index in [9.17, 15) is 19.8 Å². The predicted octanol–water partition coefficient (Wildman–Crippen LogP) is 5.92. The van der Waals surface area contributed by atoms with Crippen LogP contribution >= 0.6 is 0 Å². The van der Waals surface area contributed by atoms with Gasteiger partial charge in [0.2, 0.25) is 0 Å². The van der Waals surface area contributed by atoms with Gasteiger partial charge in [0.05, 0.1) is 18.2 Å². The van der Waals surface area contributed by atoms with E-state index in [1.165, 1.54) is 0 Å². The van der Waals surface area contributed by atoms with Gasteiger partial charge in [0.1, 0.15) is 0 Å². The van der Waals surface area contributed by atoms with Crippen LogP contribution in [0.1, 0.15) is 89.4 Å². The van der Waals surface area contributed by atoms with Gasteiger partial charge in [0.25, 0.3) is 0 Å². The number of allylic oxidation sites excluding steroid dienone is 4. The highest BCUT2D eigenvalue weighted by atomic mass is 16.5. The average Bonchev–Trinajstić information content (AvgIpc) is 3.26. The summed E-state index contributed by atoms with van der Waals surface area (Å²) in [5, 5.41) is 26.7. The molecule has 1 aromatic carbocycles. The van der Waals surface area contributed by atoms with Gasteiger partial charge in [0.15, 0.2) is 5.78 Å². The third kappa shape index (κ3) is 4.47. The second kappa shape index (κ2) is 11.1. The van der Waals surface area contributed by atoms with Gasteiger partial charge in [0, 0.05) is 53.7 Å². The molecule has 3 fully saturated rings. The quantitative estimate of drug-likeness (QED) is 0.185. The van der Waals surface area contributed by atoms with Crippen LogP contribution in [0.2, 0.25) is 0 Å². The Morgan fingerprint density at radius 3 is 2.41 bits per heavy atom. The molecule has 6 aliphatic carbocycles. The number of fused-ring (bicyclic) bond motifs is 1. The second-order valence-corrected chi connectivity index (χ2v) is 15.4. The summed E-state index contributed by atoms with van der Waals surface area (Å²) in [6.07, 6.45) is 12.7. The Bertz CT molecular complexity index is 1340. The zero-order valence-corrected chi connectivity index (χ0v) is 27.3. The minimum Gasteiger partial charge on any atom is -0.393 e. The van der Waals surface area contributed by atoms with Gasteiger partial charge in [-0.1, -0.05) is 62.4 Å². The number of carbonyl (C=O) groups is 2. The Balaban J connectivity index is 1.42. The number of amides is 2. The molecule has 3 N–H and O–H groups in total. The summed E-state index contributed by atoms with van der Waals surface area (Å²) in [7, 11) is 1.67. The lowest BCUT2D eigenvalue weighted by atomic mass is 9.32. The number of rotatable bonds is 9. The lowest BCUT2D eigenvalue weighted by Gasteiger charge is -2.71. The first-order chi connectivity index (χ1) is 20.9. The lowest BCUT2D eigenvalue weighted by molar-refractivity contribution is -0.174. The van der Waals surface area contributed by atoms with Crippen LogP contribution in [0.5, 0.6) is 0 Å². The van der Waals surface area contributed by atoms with E-state index in [0.717, 1.165) is 37.7 Å². The number of aliphatic hydroxyl groups is 2. The van der Waals surface area contributed by atoms with Crippen LogP contribution in [0.3, 0.4) is 0 Å². The standard InChI is InChI=1S/C37H52N2O5/c1-25(2)38-32(42)39(20-9-21-44-5)24-36(43)17-14-30-34(36,4)16-13-29-33(3)15-12-27(40)22-35(33)18-19-37(29,30)28(23-35)31(41)26-10-7-6-8-11-26/h6-8,10-11,18-19,23,25,27,29-30,40,43H,9,12-17,20-22,24H2,1-5H3,(H,38,42). The van der Waals surface area contributed by atoms with Gasteiger partial charge in [-0.15, -0.1) is 0 Å². The molecule has 2 bridgehead atoms. The van der Waals surface area contributed by atoms with Gasteiger partial charge in [-0.05, 0) is 82.5 Å². The van der Waals surface area contributed by atoms with Crippen molar-refractivity contribution >= 4 is 11.8 Å². The maximum Gasteiger partial charge on any atom is 0.317 e. The van der Waals surface area contributed by atoms with E-state index in [0.29, 0.717) is 38.0 Å². The van der Waals surface area contributed by atoms with Gasteiger partial charge in [-0.3, -0.25) is 4.79 Å². The highest BCUT2D eigenvalue weighted by Crippen LogP contribution is 2.78. The topological polar surface area (TPSA) is 99.1 Å². The second-order valence-electron chi connectivity index (χ2n) is 15.4. The van der Waals surface area contributed by atoms with Crippen molar-refractivity contribution in [3.05, 3.63) is 59.7 Å². The number of benzene rings is 1. The molecule has 8 atom stereocenters. The van der Waals surface area contributed by atoms with Crippen molar-refractivity contribution < 1.29 is 24.5 Å². The fourth-order valence-electron chi connectivity index (χ4n) is 10.6. The number of carbonyl (C=O) groups excluding carboxylic acids is 2. The summed E-state index contributed by atoms with van der Waals surface area (Å²) in [4.78, 5) is 29.8. The third-order valence-electron chi connectivity index (χ3n) is 12.9. The SMILES string of the molecule is COCCCN(CC1(O)CCC2C34C=CC5(C=C3C(=O)c3ccccc3)CC(O)CCC5(C)C4CCC21C)C(=O)NC(C)C. The maximum absolute atomic E-state index is 14.6. The van der Waals surface area contributed by atoms with Gasteiger partial charge < -0.3 is 25.2 Å². The van der Waals surface area contributed by atoms with E-state index in [1.807, 2.05) is 44.2 Å². The fraction of sp³-hybridized carbons (Fsp3) is 0.676. The average molecular weight is 605 g/mol. The number of ketones is 1.